The number of phenols is 1. The molecule has 0 aliphatic heterocycles. The number of aromatic amines is 1. The molecular weight excluding hydrogens is 318 g/mol. The third kappa shape index (κ3) is 4.20. The second kappa shape index (κ2) is 7.74. The van der Waals surface area contributed by atoms with Crippen LogP contribution in [-0.4, -0.2) is 26.5 Å². The van der Waals surface area contributed by atoms with Gasteiger partial charge in [0.15, 0.2) is 0 Å². The molecule has 0 aliphatic carbocycles. The van der Waals surface area contributed by atoms with Crippen LogP contribution < -0.4 is 4.74 Å². The Labute approximate surface area is 143 Å². The van der Waals surface area contributed by atoms with Gasteiger partial charge in [-0.3, -0.25) is 5.10 Å². The summed E-state index contributed by atoms with van der Waals surface area (Å²) in [5.41, 5.74) is 2.06. The molecule has 0 spiro atoms. The van der Waals surface area contributed by atoms with Gasteiger partial charge in [-0.2, -0.15) is 0 Å². The number of aromatic nitrogens is 3. The van der Waals surface area contributed by atoms with Crippen molar-refractivity contribution >= 4 is 17.0 Å². The highest BCUT2D eigenvalue weighted by atomic mass is 16.5. The number of benzene rings is 3. The number of para-hydroxylation sites is 3. The van der Waals surface area contributed by atoms with E-state index < -0.39 is 5.97 Å². The number of carbonyl (C=O) groups excluding carboxylic acids is 1. The average Bonchev–Trinajstić information content (AvgIpc) is 3.12. The predicted octanol–water partition coefficient (Wildman–Crippen LogP) is 3.57. The van der Waals surface area contributed by atoms with Crippen molar-refractivity contribution in [1.29, 1.82) is 0 Å². The first-order chi connectivity index (χ1) is 12.2. The van der Waals surface area contributed by atoms with Crippen molar-refractivity contribution in [2.24, 2.45) is 0 Å². The number of nitrogens with zero attached hydrogens (tertiary/aromatic N) is 2. The first-order valence-electron chi connectivity index (χ1n) is 7.55. The van der Waals surface area contributed by atoms with Crippen LogP contribution in [0, 0.1) is 0 Å². The molecule has 0 saturated carbocycles. The van der Waals surface area contributed by atoms with Gasteiger partial charge < -0.3 is 9.84 Å². The van der Waals surface area contributed by atoms with E-state index in [-0.39, 0.29) is 11.3 Å². The molecule has 1 aromatic heterocycles. The molecule has 0 radical (unpaired) electrons. The molecule has 0 fully saturated rings. The molecule has 3 aromatic carbocycles. The Morgan fingerprint density at radius 3 is 2.32 bits per heavy atom. The summed E-state index contributed by atoms with van der Waals surface area (Å²) in [5.74, 6) is -0.191. The third-order valence-corrected chi connectivity index (χ3v) is 3.31. The Hall–Kier alpha value is -3.67. The third-order valence-electron chi connectivity index (χ3n) is 3.31. The summed E-state index contributed by atoms with van der Waals surface area (Å²) >= 11 is 0. The van der Waals surface area contributed by atoms with Gasteiger partial charge in [0.05, 0.1) is 5.52 Å². The topological polar surface area (TPSA) is 88.1 Å². The van der Waals surface area contributed by atoms with Crippen LogP contribution in [0.4, 0.5) is 0 Å². The smallest absolute Gasteiger partial charge is 0.347 e. The maximum absolute atomic E-state index is 11.7. The molecular formula is C19H15N3O3. The molecule has 1 heterocycles. The Bertz CT molecular complexity index is 938. The summed E-state index contributed by atoms with van der Waals surface area (Å²) in [4.78, 5) is 11.7. The van der Waals surface area contributed by atoms with Crippen molar-refractivity contribution < 1.29 is 14.6 Å². The quantitative estimate of drug-likeness (QED) is 0.432. The van der Waals surface area contributed by atoms with E-state index >= 15 is 0 Å². The summed E-state index contributed by atoms with van der Waals surface area (Å²) in [6.45, 7) is 0. The van der Waals surface area contributed by atoms with Gasteiger partial charge in [-0.25, -0.2) is 4.79 Å². The number of rotatable bonds is 2. The van der Waals surface area contributed by atoms with Crippen LogP contribution in [0.5, 0.6) is 11.5 Å². The SMILES string of the molecule is O=C(Oc1ccccc1)c1ccccc1O.c1ccc2[nH]nnc2c1. The van der Waals surface area contributed by atoms with Gasteiger partial charge in [-0.15, -0.1) is 5.10 Å². The zero-order valence-corrected chi connectivity index (χ0v) is 13.2. The molecule has 6 nitrogen and oxygen atoms in total. The van der Waals surface area contributed by atoms with Crippen LogP contribution in [0.25, 0.3) is 11.0 Å². The average molecular weight is 333 g/mol. The van der Waals surface area contributed by atoms with Crippen LogP contribution in [0.3, 0.4) is 0 Å². The van der Waals surface area contributed by atoms with E-state index in [1.807, 2.05) is 30.3 Å². The molecule has 25 heavy (non-hydrogen) atoms. The molecule has 0 amide bonds. The van der Waals surface area contributed by atoms with E-state index in [1.54, 1.807) is 36.4 Å². The first-order valence-corrected chi connectivity index (χ1v) is 7.55. The van der Waals surface area contributed by atoms with Crippen LogP contribution in [-0.2, 0) is 0 Å². The fraction of sp³-hybridized carbons (Fsp3) is 0. The molecule has 6 heteroatoms. The van der Waals surface area contributed by atoms with Crippen molar-refractivity contribution in [2.75, 3.05) is 0 Å². The van der Waals surface area contributed by atoms with Gasteiger partial charge in [0.2, 0.25) is 0 Å². The fourth-order valence-corrected chi connectivity index (χ4v) is 2.08. The first kappa shape index (κ1) is 16.2. The summed E-state index contributed by atoms with van der Waals surface area (Å²) in [6.07, 6.45) is 0. The van der Waals surface area contributed by atoms with Crippen molar-refractivity contribution in [3.63, 3.8) is 0 Å². The Balaban J connectivity index is 0.000000170. The molecule has 4 aromatic rings. The number of phenolic OH excluding ortho intramolecular Hbond substituents is 1. The van der Waals surface area contributed by atoms with Crippen LogP contribution in [0.15, 0.2) is 78.9 Å². The number of aromatic hydroxyl groups is 1. The van der Waals surface area contributed by atoms with E-state index in [0.29, 0.717) is 5.75 Å². The number of hydrogen-bond donors (Lipinski definition) is 2. The molecule has 4 rings (SSSR count). The molecule has 0 bridgehead atoms. The summed E-state index contributed by atoms with van der Waals surface area (Å²) in [6, 6.07) is 22.7. The van der Waals surface area contributed by atoms with Crippen molar-refractivity contribution in [1.82, 2.24) is 15.4 Å². The lowest BCUT2D eigenvalue weighted by Crippen LogP contribution is -2.08. The molecule has 2 N–H and O–H groups in total. The number of carbonyl (C=O) groups is 1. The normalized spacial score (nSPS) is 9.92. The van der Waals surface area contributed by atoms with Crippen LogP contribution in [0.2, 0.25) is 0 Å². The maximum Gasteiger partial charge on any atom is 0.347 e. The van der Waals surface area contributed by atoms with Crippen LogP contribution >= 0.6 is 0 Å². The standard InChI is InChI=1S/C13H10O3.C6H5N3/c14-12-9-5-4-8-11(12)13(15)16-10-6-2-1-3-7-10;1-2-4-6-5(3-1)7-9-8-6/h1-9,14H;1-4H,(H,7,8,9). The fourth-order valence-electron chi connectivity index (χ4n) is 2.08. The monoisotopic (exact) mass is 333 g/mol. The lowest BCUT2D eigenvalue weighted by atomic mass is 10.2. The minimum Gasteiger partial charge on any atom is -0.507 e. The van der Waals surface area contributed by atoms with E-state index in [0.717, 1.165) is 11.0 Å². The van der Waals surface area contributed by atoms with Gasteiger partial charge in [0.25, 0.3) is 0 Å². The molecule has 0 aliphatic rings. The number of esters is 1. The van der Waals surface area contributed by atoms with Crippen molar-refractivity contribution in [3.05, 3.63) is 84.4 Å². The van der Waals surface area contributed by atoms with Gasteiger partial charge in [-0.05, 0) is 36.4 Å². The highest BCUT2D eigenvalue weighted by Crippen LogP contribution is 2.18. The number of hydrogen-bond acceptors (Lipinski definition) is 5. The van der Waals surface area contributed by atoms with Gasteiger partial charge in [0.1, 0.15) is 22.6 Å². The van der Waals surface area contributed by atoms with E-state index in [1.165, 1.54) is 12.1 Å². The summed E-state index contributed by atoms with van der Waals surface area (Å²) in [5, 5.41) is 19.7. The molecule has 124 valence electrons. The Kier molecular flexibility index (Phi) is 5.01. The van der Waals surface area contributed by atoms with E-state index in [4.69, 9.17) is 4.74 Å². The highest BCUT2D eigenvalue weighted by molar-refractivity contribution is 5.93. The molecule has 0 atom stereocenters. The maximum atomic E-state index is 11.7. The second-order valence-electron chi connectivity index (χ2n) is 5.05. The number of H-pyrrole nitrogens is 1. The van der Waals surface area contributed by atoms with E-state index in [9.17, 15) is 9.90 Å². The largest absolute Gasteiger partial charge is 0.507 e. The zero-order valence-electron chi connectivity index (χ0n) is 13.2. The number of ether oxygens (including phenoxy) is 1. The Morgan fingerprint density at radius 2 is 1.56 bits per heavy atom. The lowest BCUT2D eigenvalue weighted by molar-refractivity contribution is 0.0731. The highest BCUT2D eigenvalue weighted by Gasteiger charge is 2.12. The van der Waals surface area contributed by atoms with Crippen LogP contribution in [0.1, 0.15) is 10.4 Å². The van der Waals surface area contributed by atoms with Gasteiger partial charge in [0, 0.05) is 0 Å². The lowest BCUT2D eigenvalue weighted by Gasteiger charge is -2.04. The minimum atomic E-state index is -0.565. The minimum absolute atomic E-state index is 0.0802. The van der Waals surface area contributed by atoms with Gasteiger partial charge in [-0.1, -0.05) is 47.7 Å². The summed E-state index contributed by atoms with van der Waals surface area (Å²) in [7, 11) is 0. The second-order valence-corrected chi connectivity index (χ2v) is 5.05. The van der Waals surface area contributed by atoms with Crippen molar-refractivity contribution in [2.45, 2.75) is 0 Å². The molecule has 0 unspecified atom stereocenters. The number of nitrogens with one attached hydrogen (secondary N) is 1. The van der Waals surface area contributed by atoms with Crippen molar-refractivity contribution in [3.8, 4) is 11.5 Å². The summed E-state index contributed by atoms with van der Waals surface area (Å²) < 4.78 is 5.08. The number of fused-ring (bicyclic) bond motifs is 1. The predicted molar refractivity (Wildman–Crippen MR) is 93.4 cm³/mol. The Morgan fingerprint density at radius 1 is 0.880 bits per heavy atom. The molecule has 0 saturated heterocycles. The zero-order chi connectivity index (χ0) is 17.5. The van der Waals surface area contributed by atoms with Gasteiger partial charge >= 0.3 is 5.97 Å². The van der Waals surface area contributed by atoms with E-state index in [2.05, 4.69) is 15.4 Å².